The smallest absolute Gasteiger partial charge is 0.408 e. The van der Waals surface area contributed by atoms with Crippen LogP contribution in [0.4, 0.5) is 4.79 Å². The van der Waals surface area contributed by atoms with Gasteiger partial charge in [-0.25, -0.2) is 4.79 Å². The second-order valence-electron chi connectivity index (χ2n) is 4.92. The van der Waals surface area contributed by atoms with E-state index in [0.29, 0.717) is 0 Å². The van der Waals surface area contributed by atoms with E-state index in [2.05, 4.69) is 18.5 Å². The molecular formula is C15H23NO2. The van der Waals surface area contributed by atoms with E-state index in [1.807, 2.05) is 33.8 Å². The maximum Gasteiger partial charge on any atom is 0.408 e. The topological polar surface area (TPSA) is 38.3 Å². The molecule has 0 saturated heterocycles. The van der Waals surface area contributed by atoms with Crippen molar-refractivity contribution in [2.45, 2.75) is 39.3 Å². The molecule has 0 aliphatic carbocycles. The predicted octanol–water partition coefficient (Wildman–Crippen LogP) is 3.75. The molecule has 0 aromatic carbocycles. The maximum absolute atomic E-state index is 11.6. The molecule has 1 unspecified atom stereocenters. The highest BCUT2D eigenvalue weighted by Gasteiger charge is 2.17. The van der Waals surface area contributed by atoms with Crippen LogP contribution in [0.25, 0.3) is 0 Å². The van der Waals surface area contributed by atoms with Crippen LogP contribution in [0.5, 0.6) is 0 Å². The molecule has 0 spiro atoms. The zero-order valence-electron chi connectivity index (χ0n) is 11.7. The fraction of sp³-hybridized carbons (Fsp3) is 0.400. The number of allylic oxidation sites excluding steroid dienone is 4. The second-order valence-corrected chi connectivity index (χ2v) is 4.92. The fourth-order valence-corrected chi connectivity index (χ4v) is 1.21. The molecule has 1 amide bonds. The average molecular weight is 249 g/mol. The third kappa shape index (κ3) is 7.49. The Morgan fingerprint density at radius 1 is 1.28 bits per heavy atom. The lowest BCUT2D eigenvalue weighted by Gasteiger charge is -2.22. The molecule has 0 aromatic rings. The summed E-state index contributed by atoms with van der Waals surface area (Å²) in [4.78, 5) is 11.6. The van der Waals surface area contributed by atoms with Crippen LogP contribution in [0.2, 0.25) is 0 Å². The van der Waals surface area contributed by atoms with Gasteiger partial charge in [0.05, 0.1) is 0 Å². The minimum absolute atomic E-state index is 0.309. The molecule has 0 aliphatic heterocycles. The van der Waals surface area contributed by atoms with E-state index in [9.17, 15) is 4.79 Å². The van der Waals surface area contributed by atoms with Gasteiger partial charge in [0.15, 0.2) is 0 Å². The van der Waals surface area contributed by atoms with Crippen molar-refractivity contribution in [2.75, 3.05) is 0 Å². The Morgan fingerprint density at radius 3 is 2.33 bits per heavy atom. The third-order valence-corrected chi connectivity index (χ3v) is 1.97. The second kappa shape index (κ2) is 7.54. The highest BCUT2D eigenvalue weighted by Crippen LogP contribution is 2.10. The first kappa shape index (κ1) is 16.2. The van der Waals surface area contributed by atoms with Gasteiger partial charge in [0.1, 0.15) is 6.10 Å². The van der Waals surface area contributed by atoms with Gasteiger partial charge in [-0.1, -0.05) is 43.5 Å². The van der Waals surface area contributed by atoms with Crippen molar-refractivity contribution >= 4 is 6.09 Å². The van der Waals surface area contributed by atoms with Crippen molar-refractivity contribution in [3.63, 3.8) is 0 Å². The molecule has 100 valence electrons. The van der Waals surface area contributed by atoms with Crippen LogP contribution in [-0.4, -0.2) is 17.7 Å². The van der Waals surface area contributed by atoms with E-state index in [0.717, 1.165) is 5.57 Å². The zero-order valence-corrected chi connectivity index (χ0v) is 11.7. The molecule has 0 saturated carbocycles. The Bertz CT molecular complexity index is 359. The number of hydrogen-bond donors (Lipinski definition) is 1. The Hall–Kier alpha value is -1.77. The molecule has 18 heavy (non-hydrogen) atoms. The molecule has 0 heterocycles. The molecule has 0 radical (unpaired) electrons. The first-order valence-corrected chi connectivity index (χ1v) is 5.90. The summed E-state index contributed by atoms with van der Waals surface area (Å²) >= 11 is 0. The molecular weight excluding hydrogens is 226 g/mol. The molecule has 0 aromatic heterocycles. The van der Waals surface area contributed by atoms with Crippen molar-refractivity contribution in [1.82, 2.24) is 5.32 Å². The molecule has 3 nitrogen and oxygen atoms in total. The lowest BCUT2D eigenvalue weighted by atomic mass is 10.1. The van der Waals surface area contributed by atoms with Crippen molar-refractivity contribution in [2.24, 2.45) is 0 Å². The van der Waals surface area contributed by atoms with Crippen LogP contribution in [0.1, 0.15) is 27.7 Å². The number of rotatable bonds is 5. The van der Waals surface area contributed by atoms with E-state index in [-0.39, 0.29) is 11.6 Å². The lowest BCUT2D eigenvalue weighted by molar-refractivity contribution is 0.116. The third-order valence-electron chi connectivity index (χ3n) is 1.97. The largest absolute Gasteiger partial charge is 0.442 e. The zero-order chi connectivity index (χ0) is 14.2. The minimum atomic E-state index is -0.433. The summed E-state index contributed by atoms with van der Waals surface area (Å²) in [5.41, 5.74) is 0.546. The van der Waals surface area contributed by atoms with Gasteiger partial charge in [-0.2, -0.15) is 0 Å². The van der Waals surface area contributed by atoms with Crippen LogP contribution >= 0.6 is 0 Å². The number of nitrogens with one attached hydrogen (secondary N) is 1. The number of ether oxygens (including phenoxy) is 1. The Kier molecular flexibility index (Phi) is 6.79. The number of alkyl carbamates (subject to hydrolysis) is 1. The maximum atomic E-state index is 11.6. The standard InChI is InChI=1S/C15H23NO2/c1-7-9-11-13(10-8-2)12(3)18-14(17)16-15(4,5)6/h7-12H,1-2H2,3-6H3,(H,16,17)/b11-9-,13-10+. The quantitative estimate of drug-likeness (QED) is 0.753. The SMILES string of the molecule is C=C/C=C\C(=C/C=C)C(C)OC(=O)NC(C)(C)C. The number of carbonyl (C=O) groups excluding carboxylic acids is 1. The van der Waals surface area contributed by atoms with Crippen LogP contribution < -0.4 is 5.32 Å². The first-order chi connectivity index (χ1) is 8.30. The first-order valence-electron chi connectivity index (χ1n) is 5.90. The highest BCUT2D eigenvalue weighted by atomic mass is 16.6. The van der Waals surface area contributed by atoms with E-state index in [4.69, 9.17) is 4.74 Å². The average Bonchev–Trinajstić information content (AvgIpc) is 2.21. The molecule has 3 heteroatoms. The molecule has 1 atom stereocenters. The van der Waals surface area contributed by atoms with Crippen molar-refractivity contribution in [3.05, 3.63) is 49.1 Å². The van der Waals surface area contributed by atoms with Gasteiger partial charge in [-0.15, -0.1) is 0 Å². The van der Waals surface area contributed by atoms with Crippen molar-refractivity contribution in [3.8, 4) is 0 Å². The molecule has 0 aliphatic rings. The summed E-state index contributed by atoms with van der Waals surface area (Å²) in [6.45, 7) is 14.7. The normalized spacial score (nSPS) is 14.1. The van der Waals surface area contributed by atoms with E-state index < -0.39 is 6.09 Å². The van der Waals surface area contributed by atoms with Gasteiger partial charge < -0.3 is 10.1 Å². The van der Waals surface area contributed by atoms with E-state index in [1.54, 1.807) is 24.3 Å². The van der Waals surface area contributed by atoms with E-state index in [1.165, 1.54) is 0 Å². The van der Waals surface area contributed by atoms with Gasteiger partial charge in [0, 0.05) is 5.54 Å². The van der Waals surface area contributed by atoms with E-state index >= 15 is 0 Å². The fourth-order valence-electron chi connectivity index (χ4n) is 1.21. The molecule has 0 fully saturated rings. The van der Waals surface area contributed by atoms with Gasteiger partial charge >= 0.3 is 6.09 Å². The van der Waals surface area contributed by atoms with Crippen LogP contribution in [-0.2, 0) is 4.74 Å². The molecule has 0 rings (SSSR count). The number of amides is 1. The summed E-state index contributed by atoms with van der Waals surface area (Å²) in [7, 11) is 0. The van der Waals surface area contributed by atoms with Gasteiger partial charge in [0.2, 0.25) is 0 Å². The molecule has 0 bridgehead atoms. The van der Waals surface area contributed by atoms with Crippen LogP contribution in [0.3, 0.4) is 0 Å². The Balaban J connectivity index is 4.61. The van der Waals surface area contributed by atoms with Crippen molar-refractivity contribution in [1.29, 1.82) is 0 Å². The summed E-state index contributed by atoms with van der Waals surface area (Å²) in [6.07, 6.45) is 7.97. The Morgan fingerprint density at radius 2 is 1.89 bits per heavy atom. The summed E-state index contributed by atoms with van der Waals surface area (Å²) in [5.74, 6) is 0. The van der Waals surface area contributed by atoms with Crippen LogP contribution in [0.15, 0.2) is 49.1 Å². The summed E-state index contributed by atoms with van der Waals surface area (Å²) in [5, 5.41) is 2.74. The van der Waals surface area contributed by atoms with Gasteiger partial charge in [0.25, 0.3) is 0 Å². The van der Waals surface area contributed by atoms with Gasteiger partial charge in [-0.05, 0) is 33.3 Å². The highest BCUT2D eigenvalue weighted by molar-refractivity contribution is 5.68. The van der Waals surface area contributed by atoms with Crippen LogP contribution in [0, 0.1) is 0 Å². The molecule has 1 N–H and O–H groups in total. The minimum Gasteiger partial charge on any atom is -0.442 e. The summed E-state index contributed by atoms with van der Waals surface area (Å²) < 4.78 is 5.29. The van der Waals surface area contributed by atoms with Gasteiger partial charge in [-0.3, -0.25) is 0 Å². The summed E-state index contributed by atoms with van der Waals surface area (Å²) in [6, 6.07) is 0. The predicted molar refractivity (Wildman–Crippen MR) is 76.4 cm³/mol. The number of carbonyl (C=O) groups is 1. The Labute approximate surface area is 110 Å². The monoisotopic (exact) mass is 249 g/mol. The van der Waals surface area contributed by atoms with Crippen molar-refractivity contribution < 1.29 is 9.53 Å². The number of hydrogen-bond acceptors (Lipinski definition) is 2. The lowest BCUT2D eigenvalue weighted by Crippen LogP contribution is -2.42.